The van der Waals surface area contributed by atoms with Crippen LogP contribution in [0.3, 0.4) is 0 Å². The number of phenolic OH excluding ortho intramolecular Hbond substituents is 2. The molecule has 0 unspecified atom stereocenters. The van der Waals surface area contributed by atoms with Gasteiger partial charge in [-0.15, -0.1) is 0 Å². The molecule has 0 aliphatic rings. The predicted octanol–water partition coefficient (Wildman–Crippen LogP) is 2.53. The summed E-state index contributed by atoms with van der Waals surface area (Å²) in [5.74, 6) is -0.242. The molecule has 0 saturated carbocycles. The van der Waals surface area contributed by atoms with Crippen LogP contribution in [0, 0.1) is 0 Å². The van der Waals surface area contributed by atoms with Crippen molar-refractivity contribution >= 4 is 16.2 Å². The average Bonchev–Trinajstić information content (AvgIpc) is 2.51. The Morgan fingerprint density at radius 1 is 1.04 bits per heavy atom. The van der Waals surface area contributed by atoms with Crippen LogP contribution in [0.25, 0.3) is 0 Å². The van der Waals surface area contributed by atoms with Crippen molar-refractivity contribution in [1.29, 1.82) is 0 Å². The average molecular weight is 334 g/mol. The van der Waals surface area contributed by atoms with E-state index in [9.17, 15) is 18.6 Å². The molecule has 0 aliphatic heterocycles. The minimum absolute atomic E-state index is 0.118. The van der Waals surface area contributed by atoms with Gasteiger partial charge in [-0.05, 0) is 47.4 Å². The first-order chi connectivity index (χ1) is 10.8. The lowest BCUT2D eigenvalue weighted by molar-refractivity contribution is 0.403. The summed E-state index contributed by atoms with van der Waals surface area (Å²) in [5, 5.41) is 22.2. The van der Waals surface area contributed by atoms with Gasteiger partial charge in [0.2, 0.25) is 0 Å². The maximum Gasteiger partial charge on any atom is 0.276 e. The van der Waals surface area contributed by atoms with E-state index in [0.717, 1.165) is 5.56 Å². The van der Waals surface area contributed by atoms with E-state index in [2.05, 4.69) is 9.93 Å². The Labute approximate surface area is 135 Å². The predicted molar refractivity (Wildman–Crippen MR) is 88.2 cm³/mol. The number of nitrogens with one attached hydrogen (secondary N) is 1. The zero-order chi connectivity index (χ0) is 17.0. The van der Waals surface area contributed by atoms with Crippen LogP contribution < -0.4 is 4.83 Å². The second kappa shape index (κ2) is 6.70. The summed E-state index contributed by atoms with van der Waals surface area (Å²) >= 11 is 0. The fourth-order valence-corrected chi connectivity index (χ4v) is 2.67. The third kappa shape index (κ3) is 4.23. The highest BCUT2D eigenvalue weighted by Crippen LogP contribution is 2.24. The Kier molecular flexibility index (Phi) is 4.90. The maximum absolute atomic E-state index is 12.1. The summed E-state index contributed by atoms with van der Waals surface area (Å²) in [4.78, 5) is 2.22. The molecule has 3 N–H and O–H groups in total. The minimum atomic E-state index is -3.75. The van der Waals surface area contributed by atoms with Crippen molar-refractivity contribution in [3.05, 3.63) is 53.6 Å². The molecule has 0 aliphatic carbocycles. The molecule has 0 saturated heterocycles. The molecule has 23 heavy (non-hydrogen) atoms. The van der Waals surface area contributed by atoms with Crippen molar-refractivity contribution in [1.82, 2.24) is 4.83 Å². The largest absolute Gasteiger partial charge is 0.504 e. The van der Waals surface area contributed by atoms with Gasteiger partial charge in [0, 0.05) is 0 Å². The highest BCUT2D eigenvalue weighted by Gasteiger charge is 2.12. The zero-order valence-corrected chi connectivity index (χ0v) is 13.6. The molecule has 6 nitrogen and oxygen atoms in total. The fourth-order valence-electron chi connectivity index (χ4n) is 1.88. The van der Waals surface area contributed by atoms with Crippen LogP contribution >= 0.6 is 0 Å². The van der Waals surface area contributed by atoms with E-state index < -0.39 is 10.0 Å². The van der Waals surface area contributed by atoms with Gasteiger partial charge in [0.1, 0.15) is 0 Å². The topological polar surface area (TPSA) is 99.0 Å². The second-order valence-electron chi connectivity index (χ2n) is 5.32. The van der Waals surface area contributed by atoms with E-state index in [1.54, 1.807) is 12.1 Å². The number of sulfonamides is 1. The zero-order valence-electron chi connectivity index (χ0n) is 12.8. The third-order valence-corrected chi connectivity index (χ3v) is 4.48. The van der Waals surface area contributed by atoms with Crippen LogP contribution in [0.2, 0.25) is 0 Å². The molecule has 0 bridgehead atoms. The molecule has 0 radical (unpaired) electrons. The lowest BCUT2D eigenvalue weighted by Gasteiger charge is -2.07. The van der Waals surface area contributed by atoms with E-state index in [1.807, 2.05) is 13.8 Å². The van der Waals surface area contributed by atoms with Gasteiger partial charge in [0.25, 0.3) is 10.0 Å². The van der Waals surface area contributed by atoms with E-state index in [1.165, 1.54) is 36.5 Å². The lowest BCUT2D eigenvalue weighted by atomic mass is 10.0. The monoisotopic (exact) mass is 334 g/mol. The molecule has 0 spiro atoms. The fraction of sp³-hybridized carbons (Fsp3) is 0.188. The highest BCUT2D eigenvalue weighted by atomic mass is 32.2. The summed E-state index contributed by atoms with van der Waals surface area (Å²) in [5.41, 5.74) is 1.49. The normalized spacial score (nSPS) is 12.0. The van der Waals surface area contributed by atoms with Gasteiger partial charge < -0.3 is 10.2 Å². The third-order valence-electron chi connectivity index (χ3n) is 3.24. The number of hydrogen-bond acceptors (Lipinski definition) is 5. The van der Waals surface area contributed by atoms with Crippen molar-refractivity contribution < 1.29 is 18.6 Å². The molecule has 0 atom stereocenters. The quantitative estimate of drug-likeness (QED) is 0.444. The van der Waals surface area contributed by atoms with Gasteiger partial charge in [-0.1, -0.05) is 26.0 Å². The Hall–Kier alpha value is -2.54. The summed E-state index contributed by atoms with van der Waals surface area (Å²) in [6.45, 7) is 4.05. The number of nitrogens with zero attached hydrogens (tertiary/aromatic N) is 1. The molecule has 2 aromatic carbocycles. The lowest BCUT2D eigenvalue weighted by Crippen LogP contribution is -2.18. The van der Waals surface area contributed by atoms with Gasteiger partial charge in [-0.3, -0.25) is 0 Å². The van der Waals surface area contributed by atoms with Gasteiger partial charge in [0.05, 0.1) is 11.1 Å². The van der Waals surface area contributed by atoms with Crippen LogP contribution in [0.1, 0.15) is 30.9 Å². The van der Waals surface area contributed by atoms with Crippen LogP contribution in [0.4, 0.5) is 0 Å². The summed E-state index contributed by atoms with van der Waals surface area (Å²) in [6, 6.07) is 10.6. The number of hydrogen-bond donors (Lipinski definition) is 3. The van der Waals surface area contributed by atoms with Crippen molar-refractivity contribution in [2.75, 3.05) is 0 Å². The van der Waals surface area contributed by atoms with E-state index in [-0.39, 0.29) is 16.4 Å². The Morgan fingerprint density at radius 3 is 2.26 bits per heavy atom. The van der Waals surface area contributed by atoms with E-state index >= 15 is 0 Å². The summed E-state index contributed by atoms with van der Waals surface area (Å²) in [7, 11) is -3.75. The Bertz CT molecular complexity index is 812. The molecule has 7 heteroatoms. The summed E-state index contributed by atoms with van der Waals surface area (Å²) in [6.07, 6.45) is 1.24. The molecule has 2 rings (SSSR count). The van der Waals surface area contributed by atoms with Crippen LogP contribution in [-0.2, 0) is 10.0 Å². The van der Waals surface area contributed by atoms with Gasteiger partial charge >= 0.3 is 0 Å². The van der Waals surface area contributed by atoms with Crippen molar-refractivity contribution in [3.8, 4) is 11.5 Å². The molecule has 0 fully saturated rings. The standard InChI is InChI=1S/C16H18N2O4S/c1-11(2)13-4-6-14(7-5-13)23(21,22)18-17-10-12-3-8-15(19)16(20)9-12/h3-11,18-20H,1-2H3. The molecule has 0 heterocycles. The first kappa shape index (κ1) is 16.8. The smallest absolute Gasteiger partial charge is 0.276 e. The van der Waals surface area contributed by atoms with Gasteiger partial charge in [0.15, 0.2) is 11.5 Å². The molecular formula is C16H18N2O4S. The second-order valence-corrected chi connectivity index (χ2v) is 6.99. The number of hydrazone groups is 1. The molecule has 2 aromatic rings. The van der Waals surface area contributed by atoms with Gasteiger partial charge in [-0.25, -0.2) is 4.83 Å². The van der Waals surface area contributed by atoms with Crippen molar-refractivity contribution in [2.45, 2.75) is 24.7 Å². The number of phenols is 2. The van der Waals surface area contributed by atoms with Crippen LogP contribution in [0.5, 0.6) is 11.5 Å². The van der Waals surface area contributed by atoms with Crippen molar-refractivity contribution in [2.24, 2.45) is 5.10 Å². The molecule has 0 amide bonds. The molecular weight excluding hydrogens is 316 g/mol. The Morgan fingerprint density at radius 2 is 1.70 bits per heavy atom. The van der Waals surface area contributed by atoms with E-state index in [4.69, 9.17) is 0 Å². The Balaban J connectivity index is 2.11. The van der Waals surface area contributed by atoms with Crippen LogP contribution in [0.15, 0.2) is 52.5 Å². The number of benzene rings is 2. The molecule has 0 aromatic heterocycles. The molecule has 122 valence electrons. The van der Waals surface area contributed by atoms with E-state index in [0.29, 0.717) is 11.5 Å². The number of aromatic hydroxyl groups is 2. The number of rotatable bonds is 5. The first-order valence-electron chi connectivity index (χ1n) is 6.96. The first-order valence-corrected chi connectivity index (χ1v) is 8.45. The maximum atomic E-state index is 12.1. The van der Waals surface area contributed by atoms with Crippen LogP contribution in [-0.4, -0.2) is 24.8 Å². The van der Waals surface area contributed by atoms with Gasteiger partial charge in [-0.2, -0.15) is 13.5 Å². The van der Waals surface area contributed by atoms with Crippen molar-refractivity contribution in [3.63, 3.8) is 0 Å². The highest BCUT2D eigenvalue weighted by molar-refractivity contribution is 7.89. The summed E-state index contributed by atoms with van der Waals surface area (Å²) < 4.78 is 24.2. The SMILES string of the molecule is CC(C)c1ccc(S(=O)(=O)NN=Cc2ccc(O)c(O)c2)cc1. The minimum Gasteiger partial charge on any atom is -0.504 e.